The Balaban J connectivity index is 1.91. The summed E-state index contributed by atoms with van der Waals surface area (Å²) < 4.78 is 3.24. The van der Waals surface area contributed by atoms with Crippen LogP contribution < -0.4 is 5.32 Å². The molecule has 0 radical (unpaired) electrons. The summed E-state index contributed by atoms with van der Waals surface area (Å²) in [5, 5.41) is 13.7. The van der Waals surface area contributed by atoms with E-state index in [0.717, 1.165) is 47.3 Å². The third kappa shape index (κ3) is 2.83. The highest BCUT2D eigenvalue weighted by Gasteiger charge is 2.25. The highest BCUT2D eigenvalue weighted by atomic mass is 79.9. The van der Waals surface area contributed by atoms with Crippen molar-refractivity contribution in [3.8, 4) is 0 Å². The Morgan fingerprint density at radius 2 is 2.17 bits per heavy atom. The first kappa shape index (κ1) is 15.0. The molecule has 1 aromatic carbocycles. The second kappa shape index (κ2) is 5.80. The number of nitrogens with one attached hydrogen (secondary N) is 1. The van der Waals surface area contributed by atoms with Gasteiger partial charge in [0.05, 0.1) is 11.1 Å². The SMILES string of the molecule is O=C(O)c1cc(Br)c2c(c1)cc(C1=CCCNC1)n2CC1CC1. The fraction of sp³-hybridized carbons (Fsp3) is 0.389. The topological polar surface area (TPSA) is 54.3 Å². The van der Waals surface area contributed by atoms with E-state index in [9.17, 15) is 9.90 Å². The summed E-state index contributed by atoms with van der Waals surface area (Å²) >= 11 is 3.60. The number of rotatable bonds is 4. The molecular formula is C18H19BrN2O2. The number of aromatic carboxylic acids is 1. The number of aromatic nitrogens is 1. The van der Waals surface area contributed by atoms with Crippen molar-refractivity contribution in [2.45, 2.75) is 25.8 Å². The van der Waals surface area contributed by atoms with Crippen LogP contribution in [0.25, 0.3) is 16.5 Å². The van der Waals surface area contributed by atoms with Crippen LogP contribution in [0.5, 0.6) is 0 Å². The van der Waals surface area contributed by atoms with Gasteiger partial charge in [-0.25, -0.2) is 4.79 Å². The van der Waals surface area contributed by atoms with Crippen molar-refractivity contribution in [2.75, 3.05) is 13.1 Å². The van der Waals surface area contributed by atoms with E-state index in [0.29, 0.717) is 5.56 Å². The predicted octanol–water partition coefficient (Wildman–Crippen LogP) is 3.89. The molecule has 2 N–H and O–H groups in total. The number of halogens is 1. The Hall–Kier alpha value is -1.59. The van der Waals surface area contributed by atoms with E-state index >= 15 is 0 Å². The van der Waals surface area contributed by atoms with Gasteiger partial charge in [0, 0.05) is 28.6 Å². The molecule has 0 bridgehead atoms. The highest BCUT2D eigenvalue weighted by molar-refractivity contribution is 9.10. The monoisotopic (exact) mass is 374 g/mol. The Morgan fingerprint density at radius 3 is 2.83 bits per heavy atom. The van der Waals surface area contributed by atoms with Gasteiger partial charge in [0.2, 0.25) is 0 Å². The maximum absolute atomic E-state index is 11.3. The highest BCUT2D eigenvalue weighted by Crippen LogP contribution is 2.37. The van der Waals surface area contributed by atoms with Crippen LogP contribution >= 0.6 is 15.9 Å². The van der Waals surface area contributed by atoms with Gasteiger partial charge >= 0.3 is 5.97 Å². The van der Waals surface area contributed by atoms with E-state index in [-0.39, 0.29) is 0 Å². The Bertz CT molecular complexity index is 818. The molecule has 1 aliphatic carbocycles. The summed E-state index contributed by atoms with van der Waals surface area (Å²) in [6.45, 7) is 2.92. The lowest BCUT2D eigenvalue weighted by molar-refractivity contribution is 0.0697. The predicted molar refractivity (Wildman–Crippen MR) is 94.8 cm³/mol. The van der Waals surface area contributed by atoms with Crippen molar-refractivity contribution in [3.63, 3.8) is 0 Å². The average Bonchev–Trinajstić information content (AvgIpc) is 3.28. The maximum atomic E-state index is 11.3. The number of nitrogens with zero attached hydrogens (tertiary/aromatic N) is 1. The zero-order valence-electron chi connectivity index (χ0n) is 12.8. The van der Waals surface area contributed by atoms with Gasteiger partial charge in [-0.1, -0.05) is 6.08 Å². The van der Waals surface area contributed by atoms with Crippen molar-refractivity contribution in [3.05, 3.63) is 40.0 Å². The molecule has 1 aliphatic heterocycles. The summed E-state index contributed by atoms with van der Waals surface area (Å²) in [6, 6.07) is 5.64. The summed E-state index contributed by atoms with van der Waals surface area (Å²) in [6.07, 6.45) is 5.93. The van der Waals surface area contributed by atoms with Crippen molar-refractivity contribution in [2.24, 2.45) is 5.92 Å². The first-order valence-corrected chi connectivity index (χ1v) is 8.89. The van der Waals surface area contributed by atoms with Gasteiger partial charge < -0.3 is 15.0 Å². The number of carboxylic acid groups (broad SMARTS) is 1. The average molecular weight is 375 g/mol. The van der Waals surface area contributed by atoms with Crippen LogP contribution in [0, 0.1) is 5.92 Å². The summed E-state index contributed by atoms with van der Waals surface area (Å²) in [5.74, 6) is -0.129. The van der Waals surface area contributed by atoms with Crippen LogP contribution in [0.4, 0.5) is 0 Å². The first-order valence-electron chi connectivity index (χ1n) is 8.09. The molecule has 2 heterocycles. The number of fused-ring (bicyclic) bond motifs is 1. The third-order valence-electron chi connectivity index (χ3n) is 4.69. The Morgan fingerprint density at radius 1 is 1.35 bits per heavy atom. The van der Waals surface area contributed by atoms with E-state index in [4.69, 9.17) is 0 Å². The molecule has 5 heteroatoms. The first-order chi connectivity index (χ1) is 11.1. The molecule has 4 nitrogen and oxygen atoms in total. The molecule has 2 aromatic rings. The van der Waals surface area contributed by atoms with Crippen LogP contribution in [0.15, 0.2) is 28.7 Å². The van der Waals surface area contributed by atoms with Crippen LogP contribution in [-0.4, -0.2) is 28.7 Å². The van der Waals surface area contributed by atoms with Crippen LogP contribution in [0.1, 0.15) is 35.3 Å². The second-order valence-corrected chi connectivity index (χ2v) is 7.33. The molecule has 1 fully saturated rings. The lowest BCUT2D eigenvalue weighted by atomic mass is 10.1. The van der Waals surface area contributed by atoms with Crippen molar-refractivity contribution < 1.29 is 9.90 Å². The minimum absolute atomic E-state index is 0.329. The molecule has 1 aromatic heterocycles. The van der Waals surface area contributed by atoms with Crippen molar-refractivity contribution in [1.29, 1.82) is 0 Å². The molecular weight excluding hydrogens is 356 g/mol. The molecule has 23 heavy (non-hydrogen) atoms. The van der Waals surface area contributed by atoms with Crippen molar-refractivity contribution >= 4 is 38.4 Å². The lowest BCUT2D eigenvalue weighted by Gasteiger charge is -2.17. The molecule has 2 aliphatic rings. The minimum Gasteiger partial charge on any atom is -0.478 e. The van der Waals surface area contributed by atoms with Gasteiger partial charge in [0.15, 0.2) is 0 Å². The number of carbonyl (C=O) groups is 1. The van der Waals surface area contributed by atoms with Crippen LogP contribution in [0.2, 0.25) is 0 Å². The quantitative estimate of drug-likeness (QED) is 0.853. The van der Waals surface area contributed by atoms with Gasteiger partial charge in [0.25, 0.3) is 0 Å². The molecule has 0 spiro atoms. The van der Waals surface area contributed by atoms with E-state index in [2.05, 4.69) is 38.0 Å². The van der Waals surface area contributed by atoms with Gasteiger partial charge in [-0.3, -0.25) is 0 Å². The largest absolute Gasteiger partial charge is 0.478 e. The molecule has 1 saturated carbocycles. The zero-order chi connectivity index (χ0) is 16.0. The zero-order valence-corrected chi connectivity index (χ0v) is 14.4. The molecule has 0 amide bonds. The third-order valence-corrected chi connectivity index (χ3v) is 5.29. The molecule has 0 unspecified atom stereocenters. The van der Waals surface area contributed by atoms with E-state index < -0.39 is 5.97 Å². The van der Waals surface area contributed by atoms with E-state index in [1.807, 2.05) is 0 Å². The van der Waals surface area contributed by atoms with Gasteiger partial charge in [-0.2, -0.15) is 0 Å². The molecule has 0 atom stereocenters. The van der Waals surface area contributed by atoms with E-state index in [1.165, 1.54) is 24.1 Å². The second-order valence-electron chi connectivity index (χ2n) is 6.48. The van der Waals surface area contributed by atoms with Crippen LogP contribution in [-0.2, 0) is 6.54 Å². The number of hydrogen-bond acceptors (Lipinski definition) is 2. The van der Waals surface area contributed by atoms with E-state index in [1.54, 1.807) is 12.1 Å². The Kier molecular flexibility index (Phi) is 3.77. The lowest BCUT2D eigenvalue weighted by Crippen LogP contribution is -2.22. The Labute approximate surface area is 143 Å². The number of benzene rings is 1. The fourth-order valence-electron chi connectivity index (χ4n) is 3.34. The van der Waals surface area contributed by atoms with Gasteiger partial charge in [0.1, 0.15) is 0 Å². The number of hydrogen-bond donors (Lipinski definition) is 2. The maximum Gasteiger partial charge on any atom is 0.335 e. The summed E-state index contributed by atoms with van der Waals surface area (Å²) in [7, 11) is 0. The molecule has 0 saturated heterocycles. The minimum atomic E-state index is -0.886. The summed E-state index contributed by atoms with van der Waals surface area (Å²) in [5.41, 5.74) is 3.98. The smallest absolute Gasteiger partial charge is 0.335 e. The molecule has 120 valence electrons. The fourth-order valence-corrected chi connectivity index (χ4v) is 4.03. The molecule has 4 rings (SSSR count). The van der Waals surface area contributed by atoms with Gasteiger partial charge in [-0.15, -0.1) is 0 Å². The summed E-state index contributed by atoms with van der Waals surface area (Å²) in [4.78, 5) is 11.3. The van der Waals surface area contributed by atoms with Crippen molar-refractivity contribution in [1.82, 2.24) is 9.88 Å². The van der Waals surface area contributed by atoms with Gasteiger partial charge in [-0.05, 0) is 71.4 Å². The normalized spacial score (nSPS) is 18.2. The standard InChI is InChI=1S/C18H19BrN2O2/c19-15-7-14(18(22)23)6-13-8-16(12-2-1-5-20-9-12)21(17(13)15)10-11-3-4-11/h2,6-8,11,20H,1,3-5,9-10H2,(H,22,23). The number of carboxylic acids is 1. The van der Waals surface area contributed by atoms with Crippen LogP contribution in [0.3, 0.4) is 0 Å².